The summed E-state index contributed by atoms with van der Waals surface area (Å²) in [6.45, 7) is 2.76. The summed E-state index contributed by atoms with van der Waals surface area (Å²) in [4.78, 5) is 21.5. The minimum Gasteiger partial charge on any atom is -0.495 e. The van der Waals surface area contributed by atoms with E-state index in [1.165, 1.54) is 0 Å². The molecular weight excluding hydrogens is 402 g/mol. The molecule has 1 aliphatic heterocycles. The van der Waals surface area contributed by atoms with Crippen LogP contribution in [0.5, 0.6) is 11.5 Å². The first-order valence-corrected chi connectivity index (χ1v) is 10.5. The third-order valence-electron chi connectivity index (χ3n) is 5.43. The standard InChI is InChI=1S/C26H25N3O3/c1-31-24-13-11-21(19-20(24)10-12-22-7-5-6-14-27-22)26(30)29-17-15-28(16-18-29)23-8-3-4-9-25(23)32-2/h3-9,11,13-14,19H,15-18H2,1-2H3. The maximum Gasteiger partial charge on any atom is 0.254 e. The Balaban J connectivity index is 1.49. The molecule has 0 N–H and O–H groups in total. The monoisotopic (exact) mass is 427 g/mol. The molecule has 2 aromatic carbocycles. The van der Waals surface area contributed by atoms with Gasteiger partial charge >= 0.3 is 0 Å². The van der Waals surface area contributed by atoms with Crippen LogP contribution >= 0.6 is 0 Å². The van der Waals surface area contributed by atoms with Crippen LogP contribution in [0, 0.1) is 11.8 Å². The van der Waals surface area contributed by atoms with E-state index in [1.807, 2.05) is 47.4 Å². The average Bonchev–Trinajstić information content (AvgIpc) is 2.87. The number of aromatic nitrogens is 1. The van der Waals surface area contributed by atoms with Gasteiger partial charge in [0.25, 0.3) is 5.91 Å². The van der Waals surface area contributed by atoms with E-state index in [1.54, 1.807) is 38.6 Å². The number of carbonyl (C=O) groups is 1. The van der Waals surface area contributed by atoms with E-state index in [-0.39, 0.29) is 5.91 Å². The quantitative estimate of drug-likeness (QED) is 0.597. The highest BCUT2D eigenvalue weighted by atomic mass is 16.5. The fourth-order valence-corrected chi connectivity index (χ4v) is 3.73. The molecule has 6 nitrogen and oxygen atoms in total. The molecule has 0 saturated carbocycles. The lowest BCUT2D eigenvalue weighted by Gasteiger charge is -2.36. The third kappa shape index (κ3) is 4.68. The molecule has 0 radical (unpaired) electrons. The van der Waals surface area contributed by atoms with Crippen molar-refractivity contribution in [3.05, 3.63) is 83.7 Å². The zero-order chi connectivity index (χ0) is 22.3. The zero-order valence-corrected chi connectivity index (χ0v) is 18.2. The molecule has 1 aliphatic rings. The molecule has 4 rings (SSSR count). The lowest BCUT2D eigenvalue weighted by Crippen LogP contribution is -2.48. The smallest absolute Gasteiger partial charge is 0.254 e. The number of piperazine rings is 1. The number of para-hydroxylation sites is 2. The summed E-state index contributed by atoms with van der Waals surface area (Å²) in [5, 5.41) is 0. The maximum absolute atomic E-state index is 13.2. The van der Waals surface area contributed by atoms with Crippen molar-refractivity contribution in [3.8, 4) is 23.3 Å². The second-order valence-electron chi connectivity index (χ2n) is 7.33. The molecular formula is C26H25N3O3. The largest absolute Gasteiger partial charge is 0.495 e. The zero-order valence-electron chi connectivity index (χ0n) is 18.2. The van der Waals surface area contributed by atoms with Gasteiger partial charge in [-0.25, -0.2) is 4.98 Å². The van der Waals surface area contributed by atoms with Crippen LogP contribution in [-0.2, 0) is 0 Å². The summed E-state index contributed by atoms with van der Waals surface area (Å²) in [6, 6.07) is 18.9. The molecule has 0 atom stereocenters. The average molecular weight is 428 g/mol. The van der Waals surface area contributed by atoms with Gasteiger partial charge in [0, 0.05) is 37.9 Å². The Labute approximate surface area is 188 Å². The highest BCUT2D eigenvalue weighted by Crippen LogP contribution is 2.28. The Hall–Kier alpha value is -3.98. The Kier molecular flexibility index (Phi) is 6.57. The van der Waals surface area contributed by atoms with Gasteiger partial charge in [-0.05, 0) is 48.4 Å². The van der Waals surface area contributed by atoms with E-state index in [9.17, 15) is 4.79 Å². The number of methoxy groups -OCH3 is 2. The maximum atomic E-state index is 13.2. The molecule has 162 valence electrons. The molecule has 0 bridgehead atoms. The van der Waals surface area contributed by atoms with Crippen LogP contribution in [0.4, 0.5) is 5.69 Å². The molecule has 0 aliphatic carbocycles. The first kappa shape index (κ1) is 21.3. The predicted molar refractivity (Wildman–Crippen MR) is 124 cm³/mol. The summed E-state index contributed by atoms with van der Waals surface area (Å²) in [6.07, 6.45) is 1.70. The van der Waals surface area contributed by atoms with E-state index < -0.39 is 0 Å². The Morgan fingerprint density at radius 3 is 2.34 bits per heavy atom. The second-order valence-corrected chi connectivity index (χ2v) is 7.33. The van der Waals surface area contributed by atoms with Crippen molar-refractivity contribution in [2.75, 3.05) is 45.3 Å². The number of pyridine rings is 1. The van der Waals surface area contributed by atoms with Gasteiger partial charge in [-0.3, -0.25) is 4.79 Å². The number of hydrogen-bond donors (Lipinski definition) is 0. The van der Waals surface area contributed by atoms with Gasteiger partial charge in [0.1, 0.15) is 17.2 Å². The number of ether oxygens (including phenoxy) is 2. The second kappa shape index (κ2) is 9.88. The van der Waals surface area contributed by atoms with E-state index in [0.717, 1.165) is 24.5 Å². The summed E-state index contributed by atoms with van der Waals surface area (Å²) in [5.74, 6) is 7.59. The number of amides is 1. The van der Waals surface area contributed by atoms with Crippen LogP contribution in [0.2, 0.25) is 0 Å². The van der Waals surface area contributed by atoms with Crippen LogP contribution < -0.4 is 14.4 Å². The number of benzene rings is 2. The molecule has 1 aromatic heterocycles. The molecule has 6 heteroatoms. The number of anilines is 1. The highest BCUT2D eigenvalue weighted by molar-refractivity contribution is 5.95. The van der Waals surface area contributed by atoms with Gasteiger partial charge in [0.2, 0.25) is 0 Å². The number of hydrogen-bond acceptors (Lipinski definition) is 5. The molecule has 0 unspecified atom stereocenters. The van der Waals surface area contributed by atoms with E-state index in [2.05, 4.69) is 21.7 Å². The van der Waals surface area contributed by atoms with Crippen LogP contribution in [0.3, 0.4) is 0 Å². The fourth-order valence-electron chi connectivity index (χ4n) is 3.73. The summed E-state index contributed by atoms with van der Waals surface area (Å²) in [5.41, 5.74) is 2.98. The number of rotatable bonds is 4. The molecule has 0 spiro atoms. The Morgan fingerprint density at radius 2 is 1.62 bits per heavy atom. The lowest BCUT2D eigenvalue weighted by molar-refractivity contribution is 0.0746. The van der Waals surface area contributed by atoms with Crippen molar-refractivity contribution < 1.29 is 14.3 Å². The van der Waals surface area contributed by atoms with Gasteiger partial charge in [-0.2, -0.15) is 0 Å². The lowest BCUT2D eigenvalue weighted by atomic mass is 10.1. The Morgan fingerprint density at radius 1 is 0.875 bits per heavy atom. The van der Waals surface area contributed by atoms with Crippen LogP contribution in [0.25, 0.3) is 0 Å². The summed E-state index contributed by atoms with van der Waals surface area (Å²) in [7, 11) is 3.27. The summed E-state index contributed by atoms with van der Waals surface area (Å²) < 4.78 is 10.9. The van der Waals surface area contributed by atoms with Crippen LogP contribution in [0.15, 0.2) is 66.9 Å². The topological polar surface area (TPSA) is 54.9 Å². The minimum atomic E-state index is -0.00628. The van der Waals surface area contributed by atoms with E-state index in [0.29, 0.717) is 35.7 Å². The van der Waals surface area contributed by atoms with Crippen molar-refractivity contribution >= 4 is 11.6 Å². The normalized spacial score (nSPS) is 13.2. The van der Waals surface area contributed by atoms with Crippen molar-refractivity contribution in [2.45, 2.75) is 0 Å². The highest BCUT2D eigenvalue weighted by Gasteiger charge is 2.24. The van der Waals surface area contributed by atoms with Gasteiger partial charge in [0.15, 0.2) is 0 Å². The first-order chi connectivity index (χ1) is 15.7. The SMILES string of the molecule is COc1ccc(C(=O)N2CCN(c3ccccc3OC)CC2)cc1C#Cc1ccccn1. The Bertz CT molecular complexity index is 1140. The van der Waals surface area contributed by atoms with Crippen molar-refractivity contribution in [1.82, 2.24) is 9.88 Å². The number of nitrogens with zero attached hydrogens (tertiary/aromatic N) is 3. The predicted octanol–water partition coefficient (Wildman–Crippen LogP) is 3.46. The fraction of sp³-hybridized carbons (Fsp3) is 0.231. The molecule has 1 fully saturated rings. The van der Waals surface area contributed by atoms with Crippen molar-refractivity contribution in [3.63, 3.8) is 0 Å². The minimum absolute atomic E-state index is 0.00628. The molecule has 1 amide bonds. The van der Waals surface area contributed by atoms with Gasteiger partial charge in [-0.15, -0.1) is 0 Å². The van der Waals surface area contributed by atoms with E-state index >= 15 is 0 Å². The van der Waals surface area contributed by atoms with Crippen LogP contribution in [0.1, 0.15) is 21.6 Å². The van der Waals surface area contributed by atoms with Crippen molar-refractivity contribution in [2.24, 2.45) is 0 Å². The van der Waals surface area contributed by atoms with Gasteiger partial charge in [0.05, 0.1) is 25.5 Å². The van der Waals surface area contributed by atoms with Gasteiger partial charge in [-0.1, -0.05) is 24.1 Å². The summed E-state index contributed by atoms with van der Waals surface area (Å²) >= 11 is 0. The number of carbonyl (C=O) groups excluding carboxylic acids is 1. The van der Waals surface area contributed by atoms with Crippen molar-refractivity contribution in [1.29, 1.82) is 0 Å². The molecule has 32 heavy (non-hydrogen) atoms. The molecule has 3 aromatic rings. The molecule has 1 saturated heterocycles. The van der Waals surface area contributed by atoms with Gasteiger partial charge < -0.3 is 19.3 Å². The van der Waals surface area contributed by atoms with Crippen LogP contribution in [-0.4, -0.2) is 56.2 Å². The molecule has 2 heterocycles. The third-order valence-corrected chi connectivity index (χ3v) is 5.43. The van der Waals surface area contributed by atoms with E-state index in [4.69, 9.17) is 9.47 Å². The first-order valence-electron chi connectivity index (χ1n) is 10.5.